The lowest BCUT2D eigenvalue weighted by Crippen LogP contribution is -2.22. The van der Waals surface area contributed by atoms with Gasteiger partial charge < -0.3 is 5.32 Å². The fraction of sp³-hybridized carbons (Fsp3) is 0.667. The number of nitrogens with one attached hydrogen (secondary N) is 1. The lowest BCUT2D eigenvalue weighted by atomic mass is 10.2. The molecule has 0 aromatic rings. The van der Waals surface area contributed by atoms with Crippen molar-refractivity contribution in [2.45, 2.75) is 27.7 Å². The number of amides is 1. The molecule has 0 spiro atoms. The van der Waals surface area contributed by atoms with Crippen molar-refractivity contribution in [2.24, 2.45) is 11.8 Å². The van der Waals surface area contributed by atoms with Gasteiger partial charge in [-0.05, 0) is 12.1 Å². The molecule has 0 heterocycles. The fourth-order valence-electron chi connectivity index (χ4n) is 0.489. The molecule has 1 N–H and O–H groups in total. The van der Waals surface area contributed by atoms with Crippen molar-refractivity contribution in [3.05, 3.63) is 12.3 Å². The summed E-state index contributed by atoms with van der Waals surface area (Å²) in [4.78, 5) is 11.0. The lowest BCUT2D eigenvalue weighted by molar-refractivity contribution is -0.123. The molecule has 0 fully saturated rings. The van der Waals surface area contributed by atoms with Crippen LogP contribution in [0.25, 0.3) is 0 Å². The first-order valence-corrected chi connectivity index (χ1v) is 4.01. The average Bonchev–Trinajstić information content (AvgIpc) is 1.86. The minimum absolute atomic E-state index is 0.0619. The highest BCUT2D eigenvalue weighted by molar-refractivity contribution is 5.78. The van der Waals surface area contributed by atoms with Crippen LogP contribution in [0.4, 0.5) is 0 Å². The van der Waals surface area contributed by atoms with Crippen LogP contribution < -0.4 is 5.32 Å². The monoisotopic (exact) mass is 155 g/mol. The Morgan fingerprint density at radius 1 is 1.27 bits per heavy atom. The molecule has 0 aliphatic rings. The van der Waals surface area contributed by atoms with Gasteiger partial charge in [0.25, 0.3) is 0 Å². The number of carbonyl (C=O) groups excluding carboxylic acids is 1. The molecule has 0 aromatic carbocycles. The zero-order valence-electron chi connectivity index (χ0n) is 7.72. The predicted molar refractivity (Wildman–Crippen MR) is 47.0 cm³/mol. The molecule has 0 aliphatic heterocycles. The maximum atomic E-state index is 11.0. The third-order valence-corrected chi connectivity index (χ3v) is 1.23. The molecule has 0 saturated carbocycles. The largest absolute Gasteiger partial charge is 0.333 e. The van der Waals surface area contributed by atoms with Crippen molar-refractivity contribution < 1.29 is 4.79 Å². The van der Waals surface area contributed by atoms with Crippen LogP contribution in [-0.4, -0.2) is 5.91 Å². The van der Waals surface area contributed by atoms with E-state index in [-0.39, 0.29) is 11.8 Å². The quantitative estimate of drug-likeness (QED) is 0.663. The molecular formula is C9H17NO. The van der Waals surface area contributed by atoms with E-state index in [1.807, 2.05) is 19.9 Å². The maximum Gasteiger partial charge on any atom is 0.226 e. The topological polar surface area (TPSA) is 29.1 Å². The van der Waals surface area contributed by atoms with Crippen molar-refractivity contribution in [1.29, 1.82) is 0 Å². The van der Waals surface area contributed by atoms with Gasteiger partial charge in [-0.3, -0.25) is 4.79 Å². The number of hydrogen-bond acceptors (Lipinski definition) is 1. The van der Waals surface area contributed by atoms with Crippen molar-refractivity contribution in [2.75, 3.05) is 0 Å². The van der Waals surface area contributed by atoms with Gasteiger partial charge in [-0.1, -0.05) is 33.8 Å². The van der Waals surface area contributed by atoms with E-state index in [9.17, 15) is 4.79 Å². The van der Waals surface area contributed by atoms with E-state index in [1.54, 1.807) is 6.20 Å². The Hall–Kier alpha value is -0.790. The number of carbonyl (C=O) groups is 1. The van der Waals surface area contributed by atoms with Gasteiger partial charge in [0.05, 0.1) is 0 Å². The molecule has 64 valence electrons. The van der Waals surface area contributed by atoms with E-state index in [0.717, 1.165) is 0 Å². The average molecular weight is 155 g/mol. The smallest absolute Gasteiger partial charge is 0.226 e. The maximum absolute atomic E-state index is 11.0. The summed E-state index contributed by atoms with van der Waals surface area (Å²) in [6.45, 7) is 7.88. The van der Waals surface area contributed by atoms with Gasteiger partial charge in [0.1, 0.15) is 0 Å². The summed E-state index contributed by atoms with van der Waals surface area (Å²) in [5, 5.41) is 2.69. The van der Waals surface area contributed by atoms with Crippen LogP contribution in [0, 0.1) is 11.8 Å². The highest BCUT2D eigenvalue weighted by Crippen LogP contribution is 1.93. The van der Waals surface area contributed by atoms with Crippen LogP contribution in [0.15, 0.2) is 12.3 Å². The highest BCUT2D eigenvalue weighted by atomic mass is 16.1. The van der Waals surface area contributed by atoms with Gasteiger partial charge in [-0.2, -0.15) is 0 Å². The molecule has 2 nitrogen and oxygen atoms in total. The standard InChI is InChI=1S/C9H17NO/c1-7(2)5-6-10-9(11)8(3)4/h5-8H,1-4H3,(H,10,11). The Kier molecular flexibility index (Phi) is 4.59. The van der Waals surface area contributed by atoms with Crippen LogP contribution in [0.3, 0.4) is 0 Å². The second-order valence-electron chi connectivity index (χ2n) is 3.27. The Morgan fingerprint density at radius 2 is 1.82 bits per heavy atom. The molecule has 1 amide bonds. The molecule has 0 saturated heterocycles. The van der Waals surface area contributed by atoms with Gasteiger partial charge in [0, 0.05) is 5.92 Å². The first kappa shape index (κ1) is 10.2. The van der Waals surface area contributed by atoms with Crippen LogP contribution in [0.2, 0.25) is 0 Å². The van der Waals surface area contributed by atoms with Crippen molar-refractivity contribution in [3.8, 4) is 0 Å². The molecule has 0 radical (unpaired) electrons. The van der Waals surface area contributed by atoms with Crippen LogP contribution in [-0.2, 0) is 4.79 Å². The normalized spacial score (nSPS) is 11.5. The lowest BCUT2D eigenvalue weighted by Gasteiger charge is -2.02. The second kappa shape index (κ2) is 4.94. The van der Waals surface area contributed by atoms with E-state index in [2.05, 4.69) is 19.2 Å². The van der Waals surface area contributed by atoms with Gasteiger partial charge in [0.15, 0.2) is 0 Å². The third-order valence-electron chi connectivity index (χ3n) is 1.23. The molecule has 0 rings (SSSR count). The van der Waals surface area contributed by atoms with Crippen molar-refractivity contribution in [3.63, 3.8) is 0 Å². The second-order valence-corrected chi connectivity index (χ2v) is 3.27. The molecule has 0 aromatic heterocycles. The number of rotatable bonds is 3. The van der Waals surface area contributed by atoms with Crippen LogP contribution >= 0.6 is 0 Å². The first-order chi connectivity index (χ1) is 5.04. The zero-order chi connectivity index (χ0) is 8.85. The first-order valence-electron chi connectivity index (χ1n) is 4.01. The SMILES string of the molecule is CC(C)C=CNC(=O)C(C)C. The van der Waals surface area contributed by atoms with E-state index < -0.39 is 0 Å². The van der Waals surface area contributed by atoms with E-state index in [0.29, 0.717) is 5.92 Å². The minimum atomic E-state index is 0.0619. The summed E-state index contributed by atoms with van der Waals surface area (Å²) < 4.78 is 0. The zero-order valence-corrected chi connectivity index (χ0v) is 7.72. The molecule has 2 heteroatoms. The van der Waals surface area contributed by atoms with E-state index in [1.165, 1.54) is 0 Å². The molecular weight excluding hydrogens is 138 g/mol. The summed E-state index contributed by atoms with van der Waals surface area (Å²) in [6, 6.07) is 0. The summed E-state index contributed by atoms with van der Waals surface area (Å²) in [5.74, 6) is 0.621. The molecule has 0 aliphatic carbocycles. The van der Waals surface area contributed by atoms with E-state index in [4.69, 9.17) is 0 Å². The summed E-state index contributed by atoms with van der Waals surface area (Å²) >= 11 is 0. The van der Waals surface area contributed by atoms with Crippen LogP contribution in [0.1, 0.15) is 27.7 Å². The third kappa shape index (κ3) is 5.64. The summed E-state index contributed by atoms with van der Waals surface area (Å²) in [6.07, 6.45) is 3.67. The molecule has 0 unspecified atom stereocenters. The van der Waals surface area contributed by atoms with Crippen molar-refractivity contribution in [1.82, 2.24) is 5.32 Å². The summed E-state index contributed by atoms with van der Waals surface area (Å²) in [5.41, 5.74) is 0. The molecule has 0 bridgehead atoms. The molecule has 11 heavy (non-hydrogen) atoms. The predicted octanol–water partition coefficient (Wildman–Crippen LogP) is 1.93. The fourth-order valence-corrected chi connectivity index (χ4v) is 0.489. The highest BCUT2D eigenvalue weighted by Gasteiger charge is 2.02. The summed E-state index contributed by atoms with van der Waals surface area (Å²) in [7, 11) is 0. The Labute approximate surface area is 68.7 Å². The van der Waals surface area contributed by atoms with Gasteiger partial charge in [-0.15, -0.1) is 0 Å². The Morgan fingerprint density at radius 3 is 2.18 bits per heavy atom. The van der Waals surface area contributed by atoms with Gasteiger partial charge >= 0.3 is 0 Å². The number of allylic oxidation sites excluding steroid dienone is 1. The van der Waals surface area contributed by atoms with E-state index >= 15 is 0 Å². The Balaban J connectivity index is 3.62. The van der Waals surface area contributed by atoms with Crippen LogP contribution in [0.5, 0.6) is 0 Å². The van der Waals surface area contributed by atoms with Gasteiger partial charge in [-0.25, -0.2) is 0 Å². The minimum Gasteiger partial charge on any atom is -0.333 e. The van der Waals surface area contributed by atoms with Gasteiger partial charge in [0.2, 0.25) is 5.91 Å². The Bertz CT molecular complexity index is 148. The number of hydrogen-bond donors (Lipinski definition) is 1. The molecule has 0 atom stereocenters. The van der Waals surface area contributed by atoms with Crippen molar-refractivity contribution >= 4 is 5.91 Å².